The molecule has 3 N–H and O–H groups in total. The Kier molecular flexibility index (Phi) is 50.6. The number of allylic oxidation sites excluding steroid dienone is 9. The van der Waals surface area contributed by atoms with Crippen molar-refractivity contribution < 1.29 is 24.5 Å². The number of unbranched alkanes of at least 4 members (excludes halogenated alkanes) is 32. The summed E-state index contributed by atoms with van der Waals surface area (Å²) in [6, 6.07) is -0.738. The summed E-state index contributed by atoms with van der Waals surface area (Å²) in [4.78, 5) is 26.1. The summed E-state index contributed by atoms with van der Waals surface area (Å²) in [5, 5.41) is 23.8. The summed E-state index contributed by atoms with van der Waals surface area (Å²) in [5.41, 5.74) is 0. The number of rotatable bonds is 50. The quantitative estimate of drug-likeness (QED) is 0.0245. The summed E-state index contributed by atoms with van der Waals surface area (Å²) >= 11 is 0. The normalized spacial score (nSPS) is 13.6. The highest BCUT2D eigenvalue weighted by atomic mass is 16.5. The second kappa shape index (κ2) is 52.5. The largest absolute Gasteiger partial charge is 0.458 e. The Bertz CT molecular complexity index is 1160. The Balaban J connectivity index is 4.56. The molecule has 0 aliphatic rings. The molecule has 0 aliphatic carbocycles. The first-order valence-electron chi connectivity index (χ1n) is 28.1. The predicted molar refractivity (Wildman–Crippen MR) is 282 cm³/mol. The molecule has 0 bridgehead atoms. The van der Waals surface area contributed by atoms with Crippen LogP contribution in [0.3, 0.4) is 0 Å². The van der Waals surface area contributed by atoms with Crippen molar-refractivity contribution >= 4 is 11.9 Å². The third-order valence-corrected chi connectivity index (χ3v) is 12.6. The Hall–Kier alpha value is -2.44. The van der Waals surface area contributed by atoms with E-state index in [9.17, 15) is 19.8 Å². The standard InChI is InChI=1S/C59H107NO5/c1-4-7-10-13-16-19-22-24-26-28-30-32-34-37-40-43-46-49-52-59(64)65-55(50-47-44-41-38-35-21-18-15-12-9-6-3)53-58(63)60-56(54-61)57(62)51-48-45-42-39-36-33-31-29-27-25-23-20-17-14-11-8-5-2/h22,24,26,28,30,32,38,41,47,50,55-57,61-62H,4-21,23,25,27,29,31,33-37,39-40,42-46,48-49,51-54H2,1-3H3,(H,60,63)/b24-22+,28-26+,32-30+,41-38-,50-47+. The average molecular weight is 911 g/mol. The predicted octanol–water partition coefficient (Wildman–Crippen LogP) is 17.2. The highest BCUT2D eigenvalue weighted by Gasteiger charge is 2.23. The van der Waals surface area contributed by atoms with Crippen LogP contribution in [0.4, 0.5) is 0 Å². The monoisotopic (exact) mass is 910 g/mol. The molecule has 0 radical (unpaired) electrons. The van der Waals surface area contributed by atoms with Crippen molar-refractivity contribution in [3.63, 3.8) is 0 Å². The summed E-state index contributed by atoms with van der Waals surface area (Å²) in [7, 11) is 0. The summed E-state index contributed by atoms with van der Waals surface area (Å²) in [6.07, 6.45) is 66.0. The first-order valence-corrected chi connectivity index (χ1v) is 28.1. The van der Waals surface area contributed by atoms with Gasteiger partial charge in [0.05, 0.1) is 25.2 Å². The number of aliphatic hydroxyl groups excluding tert-OH is 2. The lowest BCUT2D eigenvalue weighted by Crippen LogP contribution is -2.46. The zero-order chi connectivity index (χ0) is 47.4. The second-order valence-corrected chi connectivity index (χ2v) is 19.0. The minimum Gasteiger partial charge on any atom is -0.458 e. The SMILES string of the molecule is CCCCCCC/C=C/C=C/C=C/CCCCCCCC(=O)OC(/C=C/C/C=C\CCCCCCCC)CC(=O)NC(CO)C(O)CCCCCCCCCCCCCCCCCCC. The molecule has 1 amide bonds. The van der Waals surface area contributed by atoms with Gasteiger partial charge < -0.3 is 20.3 Å². The molecule has 0 saturated heterocycles. The number of aliphatic hydroxyl groups is 2. The molecule has 6 nitrogen and oxygen atoms in total. The van der Waals surface area contributed by atoms with E-state index < -0.39 is 18.2 Å². The fourth-order valence-electron chi connectivity index (χ4n) is 8.34. The lowest BCUT2D eigenvalue weighted by molar-refractivity contribution is -0.148. The maximum atomic E-state index is 13.2. The van der Waals surface area contributed by atoms with E-state index in [0.717, 1.165) is 64.2 Å². The molecule has 0 heterocycles. The summed E-state index contributed by atoms with van der Waals surface area (Å²) < 4.78 is 5.83. The van der Waals surface area contributed by atoms with Gasteiger partial charge in [0.1, 0.15) is 6.10 Å². The second-order valence-electron chi connectivity index (χ2n) is 19.0. The van der Waals surface area contributed by atoms with Crippen LogP contribution in [0.2, 0.25) is 0 Å². The molecular formula is C59H107NO5. The Morgan fingerprint density at radius 3 is 1.32 bits per heavy atom. The number of carbonyl (C=O) groups is 2. The van der Waals surface area contributed by atoms with Gasteiger partial charge in [-0.15, -0.1) is 0 Å². The molecule has 3 unspecified atom stereocenters. The molecule has 3 atom stereocenters. The average Bonchev–Trinajstić information content (AvgIpc) is 3.30. The Labute approximate surface area is 403 Å². The van der Waals surface area contributed by atoms with Crippen LogP contribution in [0.25, 0.3) is 0 Å². The van der Waals surface area contributed by atoms with Crippen molar-refractivity contribution in [2.45, 2.75) is 296 Å². The van der Waals surface area contributed by atoms with Gasteiger partial charge in [0, 0.05) is 6.42 Å². The third-order valence-electron chi connectivity index (χ3n) is 12.6. The van der Waals surface area contributed by atoms with E-state index >= 15 is 0 Å². The van der Waals surface area contributed by atoms with Crippen molar-refractivity contribution in [3.8, 4) is 0 Å². The van der Waals surface area contributed by atoms with Gasteiger partial charge in [-0.25, -0.2) is 0 Å². The molecule has 0 spiro atoms. The fraction of sp³-hybridized carbons (Fsp3) is 0.797. The van der Waals surface area contributed by atoms with Crippen molar-refractivity contribution in [2.24, 2.45) is 0 Å². The number of hydrogen-bond donors (Lipinski definition) is 3. The number of hydrogen-bond acceptors (Lipinski definition) is 5. The molecule has 0 saturated carbocycles. The zero-order valence-electron chi connectivity index (χ0n) is 43.1. The van der Waals surface area contributed by atoms with Crippen molar-refractivity contribution in [1.29, 1.82) is 0 Å². The molecule has 378 valence electrons. The first-order chi connectivity index (χ1) is 32.0. The fourth-order valence-corrected chi connectivity index (χ4v) is 8.34. The van der Waals surface area contributed by atoms with Crippen LogP contribution in [0.1, 0.15) is 278 Å². The number of ether oxygens (including phenoxy) is 1. The maximum absolute atomic E-state index is 13.2. The van der Waals surface area contributed by atoms with Crippen LogP contribution >= 0.6 is 0 Å². The van der Waals surface area contributed by atoms with Crippen molar-refractivity contribution in [1.82, 2.24) is 5.32 Å². The molecule has 0 aromatic carbocycles. The van der Waals surface area contributed by atoms with Gasteiger partial charge in [-0.1, -0.05) is 262 Å². The van der Waals surface area contributed by atoms with Gasteiger partial charge in [-0.2, -0.15) is 0 Å². The maximum Gasteiger partial charge on any atom is 0.306 e. The van der Waals surface area contributed by atoms with Crippen LogP contribution in [0.15, 0.2) is 60.8 Å². The topological polar surface area (TPSA) is 95.9 Å². The van der Waals surface area contributed by atoms with E-state index in [1.807, 2.05) is 12.2 Å². The molecule has 6 heteroatoms. The Morgan fingerprint density at radius 1 is 0.477 bits per heavy atom. The van der Waals surface area contributed by atoms with E-state index in [-0.39, 0.29) is 24.9 Å². The van der Waals surface area contributed by atoms with Crippen LogP contribution in [-0.4, -0.2) is 46.9 Å². The van der Waals surface area contributed by atoms with E-state index in [0.29, 0.717) is 19.3 Å². The summed E-state index contributed by atoms with van der Waals surface area (Å²) in [5.74, 6) is -0.621. The highest BCUT2D eigenvalue weighted by molar-refractivity contribution is 5.78. The lowest BCUT2D eigenvalue weighted by Gasteiger charge is -2.23. The number of amides is 1. The molecule has 0 rings (SSSR count). The zero-order valence-corrected chi connectivity index (χ0v) is 43.1. The van der Waals surface area contributed by atoms with Crippen molar-refractivity contribution in [3.05, 3.63) is 60.8 Å². The molecular weight excluding hydrogens is 803 g/mol. The van der Waals surface area contributed by atoms with Crippen LogP contribution in [0, 0.1) is 0 Å². The number of esters is 1. The van der Waals surface area contributed by atoms with Gasteiger partial charge in [-0.3, -0.25) is 9.59 Å². The first kappa shape index (κ1) is 62.6. The molecule has 0 aromatic heterocycles. The van der Waals surface area contributed by atoms with Gasteiger partial charge in [0.25, 0.3) is 0 Å². The van der Waals surface area contributed by atoms with Gasteiger partial charge in [-0.05, 0) is 63.9 Å². The van der Waals surface area contributed by atoms with Gasteiger partial charge in [0.15, 0.2) is 0 Å². The smallest absolute Gasteiger partial charge is 0.306 e. The minimum absolute atomic E-state index is 0.0375. The summed E-state index contributed by atoms with van der Waals surface area (Å²) in [6.45, 7) is 6.44. The van der Waals surface area contributed by atoms with Crippen molar-refractivity contribution in [2.75, 3.05) is 6.61 Å². The van der Waals surface area contributed by atoms with E-state index in [2.05, 4.69) is 74.7 Å². The van der Waals surface area contributed by atoms with Gasteiger partial charge >= 0.3 is 5.97 Å². The lowest BCUT2D eigenvalue weighted by atomic mass is 10.0. The van der Waals surface area contributed by atoms with Crippen LogP contribution < -0.4 is 5.32 Å². The molecule has 0 aromatic rings. The van der Waals surface area contributed by atoms with Gasteiger partial charge in [0.2, 0.25) is 5.91 Å². The molecule has 0 fully saturated rings. The third kappa shape index (κ3) is 47.8. The van der Waals surface area contributed by atoms with Crippen LogP contribution in [-0.2, 0) is 14.3 Å². The van der Waals surface area contributed by atoms with Crippen LogP contribution in [0.5, 0.6) is 0 Å². The van der Waals surface area contributed by atoms with E-state index in [4.69, 9.17) is 4.74 Å². The molecule has 0 aliphatic heterocycles. The molecule has 65 heavy (non-hydrogen) atoms. The highest BCUT2D eigenvalue weighted by Crippen LogP contribution is 2.17. The number of nitrogens with one attached hydrogen (secondary N) is 1. The van der Waals surface area contributed by atoms with E-state index in [1.54, 1.807) is 0 Å². The minimum atomic E-state index is -0.816. The Morgan fingerprint density at radius 2 is 0.877 bits per heavy atom. The number of carbonyl (C=O) groups excluding carboxylic acids is 2. The van der Waals surface area contributed by atoms with E-state index in [1.165, 1.54) is 167 Å².